The van der Waals surface area contributed by atoms with Crippen molar-refractivity contribution in [2.24, 2.45) is 0 Å². The molecule has 3 unspecified atom stereocenters. The average Bonchev–Trinajstić information content (AvgIpc) is 3.19. The van der Waals surface area contributed by atoms with Gasteiger partial charge in [-0.3, -0.25) is 13.8 Å². The third kappa shape index (κ3) is 45.3. The molecule has 0 spiro atoms. The van der Waals surface area contributed by atoms with E-state index in [9.17, 15) is 19.4 Å². The molecule has 0 fully saturated rings. The predicted molar refractivity (Wildman–Crippen MR) is 254 cm³/mol. The van der Waals surface area contributed by atoms with Crippen molar-refractivity contribution in [1.29, 1.82) is 0 Å². The Labute approximate surface area is 368 Å². The zero-order chi connectivity index (χ0) is 43.6. The van der Waals surface area contributed by atoms with Crippen LogP contribution >= 0.6 is 7.82 Å². The molecule has 3 N–H and O–H groups in total. The minimum absolute atomic E-state index is 0.0777. The third-order valence-corrected chi connectivity index (χ3v) is 13.1. The molecular weight excluding hydrogens is 756 g/mol. The molecule has 3 atom stereocenters. The van der Waals surface area contributed by atoms with Gasteiger partial charge in [-0.1, -0.05) is 245 Å². The number of rotatable bonds is 48. The number of carbonyl (C=O) groups is 1. The molecule has 0 bridgehead atoms. The minimum Gasteiger partial charge on any atom is -0.391 e. The standard InChI is InChI=1S/C50H103N2O6P/c1-6-8-10-12-13-14-15-16-17-18-19-20-21-22-23-24-25-26-27-28-29-30-31-32-33-34-35-36-37-38-40-41-43-49(53)48(51-50(54)44-42-39-11-9-7-2)47-58-59(55,56)57-46-45-52(3,4)5/h48-49,53H,6-47H2,1-5H3,(H-,51,54,55,56)/p+1. The van der Waals surface area contributed by atoms with Gasteiger partial charge in [0.05, 0.1) is 39.9 Å². The number of phosphoric acid groups is 1. The molecule has 354 valence electrons. The van der Waals surface area contributed by atoms with Crippen molar-refractivity contribution in [2.75, 3.05) is 40.9 Å². The summed E-state index contributed by atoms with van der Waals surface area (Å²) in [4.78, 5) is 22.9. The maximum Gasteiger partial charge on any atom is 0.472 e. The van der Waals surface area contributed by atoms with Gasteiger partial charge < -0.3 is 19.8 Å². The number of aliphatic hydroxyl groups is 1. The van der Waals surface area contributed by atoms with Crippen molar-refractivity contribution in [1.82, 2.24) is 5.32 Å². The van der Waals surface area contributed by atoms with Gasteiger partial charge in [-0.05, 0) is 12.8 Å². The Bertz CT molecular complexity index is 932. The van der Waals surface area contributed by atoms with E-state index in [1.54, 1.807) is 0 Å². The summed E-state index contributed by atoms with van der Waals surface area (Å²) in [5.41, 5.74) is 0. The summed E-state index contributed by atoms with van der Waals surface area (Å²) in [7, 11) is 1.63. The number of phosphoric ester groups is 1. The van der Waals surface area contributed by atoms with Gasteiger partial charge in [0.1, 0.15) is 13.2 Å². The molecular formula is C50H104N2O6P+. The first-order valence-corrected chi connectivity index (χ1v) is 27.4. The van der Waals surface area contributed by atoms with E-state index < -0.39 is 20.0 Å². The molecule has 0 aromatic rings. The number of carbonyl (C=O) groups excluding carboxylic acids is 1. The number of nitrogens with one attached hydrogen (secondary N) is 1. The first kappa shape index (κ1) is 58.5. The summed E-state index contributed by atoms with van der Waals surface area (Å²) < 4.78 is 23.5. The number of amides is 1. The average molecular weight is 860 g/mol. The summed E-state index contributed by atoms with van der Waals surface area (Å²) in [5.74, 6) is -0.154. The second-order valence-electron chi connectivity index (χ2n) is 19.3. The van der Waals surface area contributed by atoms with Crippen molar-refractivity contribution in [3.63, 3.8) is 0 Å². The van der Waals surface area contributed by atoms with E-state index in [1.807, 2.05) is 21.1 Å². The molecule has 9 heteroatoms. The Morgan fingerprint density at radius 3 is 1.14 bits per heavy atom. The SMILES string of the molecule is CCCCCCCCCCCCCCCCCCCCCCCCCCCCCCCCCCC(O)C(COP(=O)(O)OCC[N+](C)(C)C)NC(=O)CCCCCCC. The van der Waals surface area contributed by atoms with Crippen LogP contribution in [0, 0.1) is 0 Å². The molecule has 0 aliphatic carbocycles. The number of aliphatic hydroxyl groups excluding tert-OH is 1. The molecule has 0 heterocycles. The first-order valence-electron chi connectivity index (χ1n) is 25.9. The lowest BCUT2D eigenvalue weighted by atomic mass is 10.0. The third-order valence-electron chi connectivity index (χ3n) is 12.1. The first-order chi connectivity index (χ1) is 28.5. The second kappa shape index (κ2) is 42.8. The fraction of sp³-hybridized carbons (Fsp3) is 0.980. The van der Waals surface area contributed by atoms with Crippen molar-refractivity contribution in [3.05, 3.63) is 0 Å². The molecule has 0 aromatic carbocycles. The highest BCUT2D eigenvalue weighted by atomic mass is 31.2. The highest BCUT2D eigenvalue weighted by molar-refractivity contribution is 7.47. The zero-order valence-corrected chi connectivity index (χ0v) is 41.2. The quantitative estimate of drug-likeness (QED) is 0.0320. The minimum atomic E-state index is -4.30. The van der Waals surface area contributed by atoms with E-state index in [4.69, 9.17) is 9.05 Å². The molecule has 8 nitrogen and oxygen atoms in total. The molecule has 59 heavy (non-hydrogen) atoms. The van der Waals surface area contributed by atoms with Gasteiger partial charge in [-0.2, -0.15) is 0 Å². The van der Waals surface area contributed by atoms with E-state index >= 15 is 0 Å². The number of unbranched alkanes of at least 4 members (excludes halogenated alkanes) is 35. The predicted octanol–water partition coefficient (Wildman–Crippen LogP) is 14.9. The maximum absolute atomic E-state index is 12.7. The van der Waals surface area contributed by atoms with Gasteiger partial charge >= 0.3 is 7.82 Å². The fourth-order valence-electron chi connectivity index (χ4n) is 7.99. The van der Waals surface area contributed by atoms with Crippen LogP contribution in [0.25, 0.3) is 0 Å². The maximum atomic E-state index is 12.7. The van der Waals surface area contributed by atoms with E-state index in [1.165, 1.54) is 186 Å². The second-order valence-corrected chi connectivity index (χ2v) is 20.7. The summed E-state index contributed by atoms with van der Waals surface area (Å²) in [6.07, 6.45) is 49.3. The molecule has 0 aliphatic rings. The monoisotopic (exact) mass is 860 g/mol. The van der Waals surface area contributed by atoms with Crippen molar-refractivity contribution < 1.29 is 32.9 Å². The van der Waals surface area contributed by atoms with Crippen LogP contribution in [0.2, 0.25) is 0 Å². The van der Waals surface area contributed by atoms with Gasteiger partial charge in [-0.25, -0.2) is 4.57 Å². The number of likely N-dealkylation sites (N-methyl/N-ethyl adjacent to an activating group) is 1. The van der Waals surface area contributed by atoms with Crippen molar-refractivity contribution in [2.45, 2.75) is 276 Å². The van der Waals surface area contributed by atoms with Gasteiger partial charge in [0, 0.05) is 6.42 Å². The van der Waals surface area contributed by atoms with E-state index in [0.717, 1.165) is 51.4 Å². The zero-order valence-electron chi connectivity index (χ0n) is 40.3. The largest absolute Gasteiger partial charge is 0.472 e. The van der Waals surface area contributed by atoms with Crippen LogP contribution in [0.5, 0.6) is 0 Å². The number of hydrogen-bond donors (Lipinski definition) is 3. The topological polar surface area (TPSA) is 105 Å². The smallest absolute Gasteiger partial charge is 0.391 e. The Kier molecular flexibility index (Phi) is 42.4. The molecule has 0 rings (SSSR count). The fourth-order valence-corrected chi connectivity index (χ4v) is 8.73. The Morgan fingerprint density at radius 2 is 0.814 bits per heavy atom. The highest BCUT2D eigenvalue weighted by Crippen LogP contribution is 2.43. The van der Waals surface area contributed by atoms with Crippen LogP contribution < -0.4 is 5.32 Å². The van der Waals surface area contributed by atoms with Crippen molar-refractivity contribution in [3.8, 4) is 0 Å². The van der Waals surface area contributed by atoms with Gasteiger partial charge in [0.15, 0.2) is 0 Å². The van der Waals surface area contributed by atoms with Crippen LogP contribution in [-0.2, 0) is 18.4 Å². The van der Waals surface area contributed by atoms with Crippen LogP contribution in [0.4, 0.5) is 0 Å². The lowest BCUT2D eigenvalue weighted by Crippen LogP contribution is -2.46. The summed E-state index contributed by atoms with van der Waals surface area (Å²) in [6, 6.07) is -0.751. The van der Waals surface area contributed by atoms with Gasteiger partial charge in [0.2, 0.25) is 5.91 Å². The molecule has 0 saturated carbocycles. The van der Waals surface area contributed by atoms with Crippen LogP contribution in [0.15, 0.2) is 0 Å². The van der Waals surface area contributed by atoms with Gasteiger partial charge in [0.25, 0.3) is 0 Å². The van der Waals surface area contributed by atoms with Crippen LogP contribution in [0.3, 0.4) is 0 Å². The lowest BCUT2D eigenvalue weighted by Gasteiger charge is -2.26. The van der Waals surface area contributed by atoms with Gasteiger partial charge in [-0.15, -0.1) is 0 Å². The Hall–Kier alpha value is -0.500. The molecule has 0 aliphatic heterocycles. The molecule has 0 radical (unpaired) electrons. The van der Waals surface area contributed by atoms with E-state index in [-0.39, 0.29) is 19.1 Å². The van der Waals surface area contributed by atoms with Crippen LogP contribution in [0.1, 0.15) is 264 Å². The Morgan fingerprint density at radius 1 is 0.508 bits per heavy atom. The van der Waals surface area contributed by atoms with E-state index in [2.05, 4.69) is 19.2 Å². The Balaban J connectivity index is 3.78. The molecule has 1 amide bonds. The van der Waals surface area contributed by atoms with Crippen LogP contribution in [-0.4, -0.2) is 73.4 Å². The van der Waals surface area contributed by atoms with E-state index in [0.29, 0.717) is 23.9 Å². The lowest BCUT2D eigenvalue weighted by molar-refractivity contribution is -0.870. The summed E-state index contributed by atoms with van der Waals surface area (Å²) in [5, 5.41) is 13.9. The normalized spacial score (nSPS) is 14.1. The van der Waals surface area contributed by atoms with Crippen molar-refractivity contribution >= 4 is 13.7 Å². The highest BCUT2D eigenvalue weighted by Gasteiger charge is 2.28. The number of nitrogens with zero attached hydrogens (tertiary/aromatic N) is 1. The molecule has 0 saturated heterocycles. The molecule has 0 aromatic heterocycles. The summed E-state index contributed by atoms with van der Waals surface area (Å²) in [6.45, 7) is 4.83. The summed E-state index contributed by atoms with van der Waals surface area (Å²) >= 11 is 0. The number of quaternary nitrogens is 1. The number of hydrogen-bond acceptors (Lipinski definition) is 5.